The van der Waals surface area contributed by atoms with Gasteiger partial charge < -0.3 is 19.4 Å². The highest BCUT2D eigenvalue weighted by atomic mass is 16.5. The lowest BCUT2D eigenvalue weighted by atomic mass is 9.87. The lowest BCUT2D eigenvalue weighted by Gasteiger charge is -2.39. The third kappa shape index (κ3) is 5.59. The highest BCUT2D eigenvalue weighted by Gasteiger charge is 2.33. The molecule has 38 heavy (non-hydrogen) atoms. The van der Waals surface area contributed by atoms with Crippen molar-refractivity contribution in [3.63, 3.8) is 0 Å². The lowest BCUT2D eigenvalue weighted by molar-refractivity contribution is -0.136. The fourth-order valence-corrected chi connectivity index (χ4v) is 4.65. The van der Waals surface area contributed by atoms with Crippen LogP contribution in [0.5, 0.6) is 5.75 Å². The summed E-state index contributed by atoms with van der Waals surface area (Å²) in [6.45, 7) is 4.98. The van der Waals surface area contributed by atoms with Crippen LogP contribution >= 0.6 is 0 Å². The number of oxazole rings is 1. The second-order valence-corrected chi connectivity index (χ2v) is 9.56. The Bertz CT molecular complexity index is 1400. The monoisotopic (exact) mass is 510 g/mol. The molecule has 0 saturated carbocycles. The summed E-state index contributed by atoms with van der Waals surface area (Å²) >= 11 is 0. The normalized spacial score (nSPS) is 14.7. The first kappa shape index (κ1) is 25.2. The number of carbonyl (C=O) groups excluding carboxylic acids is 2. The van der Waals surface area contributed by atoms with Crippen LogP contribution in [0.2, 0.25) is 0 Å². The van der Waals surface area contributed by atoms with Gasteiger partial charge in [0.25, 0.3) is 5.91 Å². The van der Waals surface area contributed by atoms with Gasteiger partial charge in [-0.2, -0.15) is 0 Å². The highest BCUT2D eigenvalue weighted by molar-refractivity contribution is 5.91. The number of fused-ring (bicyclic) bond motifs is 1. The largest absolute Gasteiger partial charge is 0.484 e. The van der Waals surface area contributed by atoms with Gasteiger partial charge in [0.15, 0.2) is 12.3 Å². The molecule has 4 aromatic rings. The molecule has 0 bridgehead atoms. The molecule has 0 fully saturated rings. The number of rotatable bonds is 8. The number of amides is 2. The summed E-state index contributed by atoms with van der Waals surface area (Å²) in [5, 5.41) is 2.82. The summed E-state index contributed by atoms with van der Waals surface area (Å²) in [4.78, 5) is 35.8. The maximum atomic E-state index is 13.1. The highest BCUT2D eigenvalue weighted by Crippen LogP contribution is 2.38. The molecule has 194 valence electrons. The van der Waals surface area contributed by atoms with Crippen molar-refractivity contribution in [2.75, 3.05) is 6.54 Å². The Morgan fingerprint density at radius 3 is 2.66 bits per heavy atom. The Morgan fingerprint density at radius 1 is 1.11 bits per heavy atom. The summed E-state index contributed by atoms with van der Waals surface area (Å²) in [6.07, 6.45) is 5.47. The van der Waals surface area contributed by atoms with Crippen LogP contribution in [0.1, 0.15) is 58.5 Å². The zero-order chi connectivity index (χ0) is 26.5. The second-order valence-electron chi connectivity index (χ2n) is 9.56. The Morgan fingerprint density at radius 2 is 1.89 bits per heavy atom. The van der Waals surface area contributed by atoms with E-state index in [2.05, 4.69) is 33.5 Å². The van der Waals surface area contributed by atoms with Gasteiger partial charge in [-0.3, -0.25) is 14.6 Å². The van der Waals surface area contributed by atoms with Gasteiger partial charge in [-0.25, -0.2) is 4.98 Å². The van der Waals surface area contributed by atoms with Gasteiger partial charge in [-0.1, -0.05) is 50.2 Å². The van der Waals surface area contributed by atoms with E-state index < -0.39 is 0 Å². The molecule has 8 heteroatoms. The van der Waals surface area contributed by atoms with Crippen LogP contribution < -0.4 is 10.1 Å². The van der Waals surface area contributed by atoms with Crippen molar-refractivity contribution >= 4 is 11.8 Å². The minimum absolute atomic E-state index is 0.0705. The number of nitrogens with one attached hydrogen (secondary N) is 1. The zero-order valence-electron chi connectivity index (χ0n) is 21.5. The minimum Gasteiger partial charge on any atom is -0.484 e. The van der Waals surface area contributed by atoms with Crippen LogP contribution in [0, 0.1) is 5.92 Å². The van der Waals surface area contributed by atoms with Crippen LogP contribution in [-0.2, 0) is 24.4 Å². The number of ether oxygens (including phenoxy) is 1. The number of hydrogen-bond donors (Lipinski definition) is 1. The number of carbonyl (C=O) groups is 2. The smallest absolute Gasteiger partial charge is 0.273 e. The molecule has 1 N–H and O–H groups in total. The summed E-state index contributed by atoms with van der Waals surface area (Å²) in [6, 6.07) is 19.5. The molecular weight excluding hydrogens is 480 g/mol. The van der Waals surface area contributed by atoms with E-state index in [0.29, 0.717) is 24.7 Å². The van der Waals surface area contributed by atoms with Crippen molar-refractivity contribution in [2.24, 2.45) is 5.92 Å². The number of pyridine rings is 1. The van der Waals surface area contributed by atoms with E-state index in [-0.39, 0.29) is 36.1 Å². The van der Waals surface area contributed by atoms with E-state index in [9.17, 15) is 9.59 Å². The molecule has 1 atom stereocenters. The van der Waals surface area contributed by atoms with Gasteiger partial charge in [-0.15, -0.1) is 0 Å². The Labute approximate surface area is 221 Å². The molecule has 0 saturated heterocycles. The van der Waals surface area contributed by atoms with E-state index in [1.807, 2.05) is 61.2 Å². The van der Waals surface area contributed by atoms with Crippen LogP contribution in [0.25, 0.3) is 0 Å². The zero-order valence-corrected chi connectivity index (χ0v) is 21.5. The predicted octanol–water partition coefficient (Wildman–Crippen LogP) is 4.71. The molecule has 8 nitrogen and oxygen atoms in total. The topological polar surface area (TPSA) is 97.6 Å². The van der Waals surface area contributed by atoms with Gasteiger partial charge in [-0.05, 0) is 52.9 Å². The minimum atomic E-state index is -0.328. The molecule has 5 rings (SSSR count). The van der Waals surface area contributed by atoms with Crippen molar-refractivity contribution in [1.82, 2.24) is 20.2 Å². The molecule has 2 amide bonds. The van der Waals surface area contributed by atoms with Crippen LogP contribution in [0.4, 0.5) is 0 Å². The van der Waals surface area contributed by atoms with E-state index in [0.717, 1.165) is 23.1 Å². The number of hydrogen-bond acceptors (Lipinski definition) is 6. The third-order valence-corrected chi connectivity index (χ3v) is 6.59. The van der Waals surface area contributed by atoms with Gasteiger partial charge in [0.1, 0.15) is 12.0 Å². The summed E-state index contributed by atoms with van der Waals surface area (Å²) in [5.41, 5.74) is 4.45. The predicted molar refractivity (Wildman–Crippen MR) is 141 cm³/mol. The van der Waals surface area contributed by atoms with Crippen LogP contribution in [-0.4, -0.2) is 33.2 Å². The molecule has 3 heterocycles. The van der Waals surface area contributed by atoms with Gasteiger partial charge >= 0.3 is 0 Å². The molecular formula is C30H30N4O4. The summed E-state index contributed by atoms with van der Waals surface area (Å²) < 4.78 is 11.5. The molecule has 0 spiro atoms. The third-order valence-electron chi connectivity index (χ3n) is 6.59. The van der Waals surface area contributed by atoms with Crippen LogP contribution in [0.3, 0.4) is 0 Å². The first-order valence-corrected chi connectivity index (χ1v) is 12.7. The molecule has 2 aromatic heterocycles. The van der Waals surface area contributed by atoms with Gasteiger partial charge in [0.05, 0.1) is 6.04 Å². The molecule has 0 aliphatic carbocycles. The van der Waals surface area contributed by atoms with Gasteiger partial charge in [0, 0.05) is 31.4 Å². The maximum Gasteiger partial charge on any atom is 0.273 e. The van der Waals surface area contributed by atoms with Crippen molar-refractivity contribution < 1.29 is 18.7 Å². The maximum absolute atomic E-state index is 13.1. The number of benzene rings is 2. The van der Waals surface area contributed by atoms with Crippen molar-refractivity contribution in [1.29, 1.82) is 0 Å². The molecule has 0 radical (unpaired) electrons. The SMILES string of the molecule is CC(C)C(=O)N1CCc2ccc(OCc3nc(C(=O)NCc4ccncc4)co3)cc2C1c1ccccc1. The average Bonchev–Trinajstić information content (AvgIpc) is 3.44. The second kappa shape index (κ2) is 11.3. The van der Waals surface area contributed by atoms with Crippen molar-refractivity contribution in [3.8, 4) is 5.75 Å². The Kier molecular flexibility index (Phi) is 7.49. The first-order chi connectivity index (χ1) is 18.5. The van der Waals surface area contributed by atoms with E-state index in [4.69, 9.17) is 9.15 Å². The first-order valence-electron chi connectivity index (χ1n) is 12.7. The molecule has 1 unspecified atom stereocenters. The molecule has 1 aliphatic heterocycles. The Hall–Kier alpha value is -4.46. The van der Waals surface area contributed by atoms with E-state index in [1.165, 1.54) is 11.8 Å². The fraction of sp³-hybridized carbons (Fsp3) is 0.267. The number of nitrogens with zero attached hydrogens (tertiary/aromatic N) is 3. The Balaban J connectivity index is 1.29. The van der Waals surface area contributed by atoms with E-state index >= 15 is 0 Å². The lowest BCUT2D eigenvalue weighted by Crippen LogP contribution is -2.42. The van der Waals surface area contributed by atoms with E-state index in [1.54, 1.807) is 12.4 Å². The quantitative estimate of drug-likeness (QED) is 0.369. The molecule has 2 aromatic carbocycles. The summed E-state index contributed by atoms with van der Waals surface area (Å²) in [5.74, 6) is 0.651. The van der Waals surface area contributed by atoms with Gasteiger partial charge in [0.2, 0.25) is 11.8 Å². The standard InChI is InChI=1S/C30H30N4O4/c1-20(2)30(36)34-15-12-22-8-9-24(16-25(22)28(34)23-6-4-3-5-7-23)37-19-27-33-26(18-38-27)29(35)32-17-21-10-13-31-14-11-21/h3-11,13-14,16,18,20,28H,12,15,17,19H2,1-2H3,(H,32,35). The average molecular weight is 511 g/mol. The number of aromatic nitrogens is 2. The van der Waals surface area contributed by atoms with Crippen molar-refractivity contribution in [3.05, 3.63) is 113 Å². The fourth-order valence-electron chi connectivity index (χ4n) is 4.65. The molecule has 1 aliphatic rings. The van der Waals surface area contributed by atoms with Crippen molar-refractivity contribution in [2.45, 2.75) is 39.5 Å². The van der Waals surface area contributed by atoms with Crippen LogP contribution in [0.15, 0.2) is 83.7 Å². The summed E-state index contributed by atoms with van der Waals surface area (Å²) in [7, 11) is 0.